The van der Waals surface area contributed by atoms with E-state index in [1.807, 2.05) is 18.4 Å². The Labute approximate surface area is 110 Å². The zero-order valence-electron chi connectivity index (χ0n) is 9.43. The van der Waals surface area contributed by atoms with Gasteiger partial charge in [0, 0.05) is 9.86 Å². The van der Waals surface area contributed by atoms with Gasteiger partial charge in [0.1, 0.15) is 0 Å². The summed E-state index contributed by atoms with van der Waals surface area (Å²) >= 11 is 5.24. The molecule has 0 saturated carbocycles. The number of fused-ring (bicyclic) bond motifs is 3. The highest BCUT2D eigenvalue weighted by atomic mass is 79.9. The van der Waals surface area contributed by atoms with E-state index in [1.165, 1.54) is 5.56 Å². The number of benzene rings is 1. The number of H-pyrrole nitrogens is 1. The zero-order chi connectivity index (χ0) is 12.2. The lowest BCUT2D eigenvalue weighted by Crippen LogP contribution is -2.06. The van der Waals surface area contributed by atoms with Crippen LogP contribution in [0, 0.1) is 13.8 Å². The maximum atomic E-state index is 11.9. The van der Waals surface area contributed by atoms with Crippen LogP contribution < -0.4 is 5.56 Å². The fourth-order valence-corrected chi connectivity index (χ4v) is 3.79. The summed E-state index contributed by atoms with van der Waals surface area (Å²) in [5, 5.41) is 3.85. The maximum absolute atomic E-state index is 11.9. The zero-order valence-corrected chi connectivity index (χ0v) is 11.8. The predicted molar refractivity (Wildman–Crippen MR) is 77.1 cm³/mol. The molecule has 0 aliphatic heterocycles. The predicted octanol–water partition coefficient (Wildman–Crippen LogP) is 4.12. The Morgan fingerprint density at radius 2 is 2.06 bits per heavy atom. The average molecular weight is 308 g/mol. The van der Waals surface area contributed by atoms with Gasteiger partial charge in [-0.3, -0.25) is 4.79 Å². The monoisotopic (exact) mass is 307 g/mol. The Morgan fingerprint density at radius 1 is 1.29 bits per heavy atom. The minimum absolute atomic E-state index is 0.00685. The van der Waals surface area contributed by atoms with E-state index < -0.39 is 0 Å². The second kappa shape index (κ2) is 3.68. The van der Waals surface area contributed by atoms with Crippen molar-refractivity contribution in [3.8, 4) is 0 Å². The van der Waals surface area contributed by atoms with E-state index in [4.69, 9.17) is 0 Å². The Hall–Kier alpha value is -1.13. The molecule has 1 aromatic carbocycles. The first-order valence-corrected chi connectivity index (χ1v) is 6.95. The summed E-state index contributed by atoms with van der Waals surface area (Å²) in [6.07, 6.45) is 0. The molecular formula is C13H10BrNOS. The largest absolute Gasteiger partial charge is 0.321 e. The molecule has 3 rings (SSSR count). The van der Waals surface area contributed by atoms with Gasteiger partial charge in [0.25, 0.3) is 5.56 Å². The van der Waals surface area contributed by atoms with E-state index in [-0.39, 0.29) is 5.56 Å². The van der Waals surface area contributed by atoms with Crippen LogP contribution in [0.15, 0.2) is 26.8 Å². The van der Waals surface area contributed by atoms with Crippen molar-refractivity contribution in [2.45, 2.75) is 13.8 Å². The Bertz CT molecular complexity index is 800. The number of nitrogens with one attached hydrogen (secondary N) is 1. The Kier molecular flexibility index (Phi) is 2.38. The third kappa shape index (κ3) is 1.47. The number of hydrogen-bond acceptors (Lipinski definition) is 2. The van der Waals surface area contributed by atoms with Crippen molar-refractivity contribution in [3.63, 3.8) is 0 Å². The maximum Gasteiger partial charge on any atom is 0.257 e. The molecule has 1 N–H and O–H groups in total. The molecule has 2 heterocycles. The van der Waals surface area contributed by atoms with E-state index in [0.717, 1.165) is 31.0 Å². The summed E-state index contributed by atoms with van der Waals surface area (Å²) in [6.45, 7) is 4.10. The quantitative estimate of drug-likeness (QED) is 0.666. The summed E-state index contributed by atoms with van der Waals surface area (Å²) in [5.74, 6) is 0. The molecule has 0 bridgehead atoms. The van der Waals surface area contributed by atoms with Crippen molar-refractivity contribution in [3.05, 3.63) is 43.5 Å². The fourth-order valence-electron chi connectivity index (χ4n) is 2.20. The van der Waals surface area contributed by atoms with Crippen molar-refractivity contribution in [2.24, 2.45) is 0 Å². The van der Waals surface area contributed by atoms with Crippen LogP contribution in [0.5, 0.6) is 0 Å². The smallest absolute Gasteiger partial charge is 0.257 e. The minimum atomic E-state index is -0.00685. The van der Waals surface area contributed by atoms with Gasteiger partial charge in [0.2, 0.25) is 0 Å². The molecule has 0 aliphatic rings. The highest BCUT2D eigenvalue weighted by molar-refractivity contribution is 9.10. The molecule has 86 valence electrons. The molecule has 0 amide bonds. The molecule has 0 unspecified atom stereocenters. The van der Waals surface area contributed by atoms with Gasteiger partial charge in [-0.15, -0.1) is 11.3 Å². The summed E-state index contributed by atoms with van der Waals surface area (Å²) in [6, 6.07) is 3.96. The lowest BCUT2D eigenvalue weighted by Gasteiger charge is -2.08. The topological polar surface area (TPSA) is 32.9 Å². The molecular weight excluding hydrogens is 298 g/mol. The van der Waals surface area contributed by atoms with Crippen LogP contribution in [0.2, 0.25) is 0 Å². The lowest BCUT2D eigenvalue weighted by molar-refractivity contribution is 1.30. The van der Waals surface area contributed by atoms with E-state index in [1.54, 1.807) is 11.3 Å². The first-order valence-electron chi connectivity index (χ1n) is 5.28. The molecule has 0 saturated heterocycles. The van der Waals surface area contributed by atoms with Crippen molar-refractivity contribution in [1.82, 2.24) is 4.98 Å². The first-order chi connectivity index (χ1) is 8.09. The third-order valence-corrected chi connectivity index (χ3v) is 4.97. The van der Waals surface area contributed by atoms with Gasteiger partial charge >= 0.3 is 0 Å². The number of aromatic nitrogens is 1. The van der Waals surface area contributed by atoms with E-state index >= 15 is 0 Å². The van der Waals surface area contributed by atoms with Crippen LogP contribution in [0.25, 0.3) is 21.0 Å². The third-order valence-electron chi connectivity index (χ3n) is 3.02. The molecule has 0 fully saturated rings. The van der Waals surface area contributed by atoms with Crippen LogP contribution in [-0.4, -0.2) is 4.98 Å². The number of aromatic amines is 1. The molecule has 4 heteroatoms. The van der Waals surface area contributed by atoms with Crippen molar-refractivity contribution >= 4 is 48.3 Å². The van der Waals surface area contributed by atoms with Gasteiger partial charge < -0.3 is 4.98 Å². The van der Waals surface area contributed by atoms with Crippen LogP contribution in [0.3, 0.4) is 0 Å². The molecule has 3 aromatic rings. The van der Waals surface area contributed by atoms with E-state index in [2.05, 4.69) is 33.9 Å². The van der Waals surface area contributed by atoms with Gasteiger partial charge in [-0.1, -0.05) is 6.07 Å². The Balaban J connectivity index is 2.74. The van der Waals surface area contributed by atoms with Gasteiger partial charge in [-0.25, -0.2) is 0 Å². The SMILES string of the molecule is Cc1cc(C)c2[nH]c(=O)c3ccsc3c2c1Br. The first kappa shape index (κ1) is 11.0. The number of rotatable bonds is 0. The van der Waals surface area contributed by atoms with Crippen LogP contribution in [0.1, 0.15) is 11.1 Å². The van der Waals surface area contributed by atoms with Crippen molar-refractivity contribution in [1.29, 1.82) is 0 Å². The Morgan fingerprint density at radius 3 is 2.82 bits per heavy atom. The van der Waals surface area contributed by atoms with Crippen molar-refractivity contribution < 1.29 is 0 Å². The standard InChI is InChI=1S/C13H10BrNOS/c1-6-5-7(2)11-9(10(6)14)12-8(3-4-17-12)13(16)15-11/h3-5H,1-2H3,(H,15,16). The van der Waals surface area contributed by atoms with E-state index in [9.17, 15) is 4.79 Å². The fraction of sp³-hybridized carbons (Fsp3) is 0.154. The number of halogens is 1. The summed E-state index contributed by atoms with van der Waals surface area (Å²) in [4.78, 5) is 14.9. The lowest BCUT2D eigenvalue weighted by atomic mass is 10.1. The number of aryl methyl sites for hydroxylation is 2. The van der Waals surface area contributed by atoms with Crippen molar-refractivity contribution in [2.75, 3.05) is 0 Å². The second-order valence-electron chi connectivity index (χ2n) is 4.19. The molecule has 0 radical (unpaired) electrons. The number of thiophene rings is 1. The van der Waals surface area contributed by atoms with Crippen LogP contribution >= 0.6 is 27.3 Å². The minimum Gasteiger partial charge on any atom is -0.321 e. The van der Waals surface area contributed by atoms with Gasteiger partial charge in [-0.05, 0) is 52.4 Å². The molecule has 17 heavy (non-hydrogen) atoms. The van der Waals surface area contributed by atoms with Gasteiger partial charge in [0.15, 0.2) is 0 Å². The highest BCUT2D eigenvalue weighted by Gasteiger charge is 2.12. The average Bonchev–Trinajstić information content (AvgIpc) is 2.75. The van der Waals surface area contributed by atoms with Gasteiger partial charge in [0.05, 0.1) is 15.6 Å². The van der Waals surface area contributed by atoms with Crippen LogP contribution in [-0.2, 0) is 0 Å². The summed E-state index contributed by atoms with van der Waals surface area (Å²) in [5.41, 5.74) is 3.22. The second-order valence-corrected chi connectivity index (χ2v) is 5.90. The summed E-state index contributed by atoms with van der Waals surface area (Å²) < 4.78 is 2.13. The normalized spacial score (nSPS) is 11.5. The summed E-state index contributed by atoms with van der Waals surface area (Å²) in [7, 11) is 0. The van der Waals surface area contributed by atoms with E-state index in [0.29, 0.717) is 0 Å². The number of pyridine rings is 1. The highest BCUT2D eigenvalue weighted by Crippen LogP contribution is 2.35. The molecule has 0 aliphatic carbocycles. The van der Waals surface area contributed by atoms with Gasteiger partial charge in [-0.2, -0.15) is 0 Å². The molecule has 0 atom stereocenters. The molecule has 2 aromatic heterocycles. The molecule has 2 nitrogen and oxygen atoms in total. The van der Waals surface area contributed by atoms with Crippen LogP contribution in [0.4, 0.5) is 0 Å². The number of hydrogen-bond donors (Lipinski definition) is 1. The molecule has 0 spiro atoms.